The summed E-state index contributed by atoms with van der Waals surface area (Å²) >= 11 is 5.85. The van der Waals surface area contributed by atoms with E-state index in [1.807, 2.05) is 0 Å². The number of nitrogens with zero attached hydrogens (tertiary/aromatic N) is 1. The molecule has 0 saturated carbocycles. The third-order valence-electron chi connectivity index (χ3n) is 4.02. The number of carbonyl (C=O) groups excluding carboxylic acids is 1. The zero-order chi connectivity index (χ0) is 20.4. The summed E-state index contributed by atoms with van der Waals surface area (Å²) in [6.45, 7) is 1.38. The molecule has 0 aliphatic heterocycles. The van der Waals surface area contributed by atoms with Crippen LogP contribution in [0.4, 0.5) is 14.5 Å². The molecule has 0 unspecified atom stereocenters. The summed E-state index contributed by atoms with van der Waals surface area (Å²) in [6, 6.07) is 5.58. The summed E-state index contributed by atoms with van der Waals surface area (Å²) < 4.78 is 33.7. The van der Waals surface area contributed by atoms with Crippen LogP contribution in [0, 0.1) is 11.6 Å². The number of halogens is 3. The minimum Gasteiger partial charge on any atom is -0.507 e. The number of phenolic OH excluding ortho intramolecular Hbond substituents is 1. The number of oxazole rings is 1. The molecule has 0 saturated heterocycles. The monoisotopic (exact) mass is 408 g/mol. The quantitative estimate of drug-likeness (QED) is 0.585. The molecular formula is C19H15ClF2N2O4. The van der Waals surface area contributed by atoms with Crippen molar-refractivity contribution in [3.05, 3.63) is 64.0 Å². The van der Waals surface area contributed by atoms with Gasteiger partial charge < -0.3 is 19.9 Å². The fourth-order valence-electron chi connectivity index (χ4n) is 2.60. The van der Waals surface area contributed by atoms with Crippen molar-refractivity contribution in [2.45, 2.75) is 20.0 Å². The number of amides is 1. The summed E-state index contributed by atoms with van der Waals surface area (Å²) in [7, 11) is 0. The number of anilines is 1. The second-order valence-corrected chi connectivity index (χ2v) is 6.21. The van der Waals surface area contributed by atoms with Gasteiger partial charge in [-0.05, 0) is 30.7 Å². The van der Waals surface area contributed by atoms with Crippen molar-refractivity contribution in [2.24, 2.45) is 0 Å². The smallest absolute Gasteiger partial charge is 0.259 e. The summed E-state index contributed by atoms with van der Waals surface area (Å²) in [5, 5.41) is 21.6. The largest absolute Gasteiger partial charge is 0.507 e. The molecule has 1 amide bonds. The van der Waals surface area contributed by atoms with Crippen LogP contribution in [-0.2, 0) is 13.0 Å². The number of carbonyl (C=O) groups is 1. The lowest BCUT2D eigenvalue weighted by molar-refractivity contribution is 0.102. The maximum absolute atomic E-state index is 14.6. The van der Waals surface area contributed by atoms with Crippen LogP contribution in [0.5, 0.6) is 5.75 Å². The van der Waals surface area contributed by atoms with E-state index in [1.54, 1.807) is 6.92 Å². The number of hydrogen-bond acceptors (Lipinski definition) is 5. The van der Waals surface area contributed by atoms with Gasteiger partial charge in [-0.2, -0.15) is 0 Å². The molecule has 1 aromatic heterocycles. The predicted octanol–water partition coefficient (Wildman–Crippen LogP) is 4.29. The van der Waals surface area contributed by atoms with E-state index in [2.05, 4.69) is 10.3 Å². The summed E-state index contributed by atoms with van der Waals surface area (Å²) in [4.78, 5) is 16.4. The number of benzene rings is 2. The van der Waals surface area contributed by atoms with Crippen molar-refractivity contribution in [3.63, 3.8) is 0 Å². The Kier molecular flexibility index (Phi) is 5.62. The van der Waals surface area contributed by atoms with Crippen LogP contribution >= 0.6 is 11.6 Å². The molecule has 146 valence electrons. The number of aliphatic hydroxyl groups is 1. The van der Waals surface area contributed by atoms with E-state index in [4.69, 9.17) is 16.0 Å². The number of phenols is 1. The van der Waals surface area contributed by atoms with Crippen molar-refractivity contribution in [2.75, 3.05) is 5.32 Å². The van der Waals surface area contributed by atoms with Gasteiger partial charge in [-0.15, -0.1) is 0 Å². The molecular weight excluding hydrogens is 394 g/mol. The average molecular weight is 409 g/mol. The van der Waals surface area contributed by atoms with Gasteiger partial charge in [0.15, 0.2) is 5.76 Å². The van der Waals surface area contributed by atoms with Crippen molar-refractivity contribution in [1.82, 2.24) is 4.98 Å². The number of para-hydroxylation sites is 1. The molecule has 2 aromatic carbocycles. The Morgan fingerprint density at radius 2 is 2.04 bits per heavy atom. The minimum absolute atomic E-state index is 0.0478. The third-order valence-corrected chi connectivity index (χ3v) is 4.33. The van der Waals surface area contributed by atoms with Gasteiger partial charge in [0.2, 0.25) is 5.89 Å². The number of nitrogens with one attached hydrogen (secondary N) is 1. The van der Waals surface area contributed by atoms with Crippen LogP contribution in [0.25, 0.3) is 11.5 Å². The molecule has 0 aliphatic carbocycles. The molecule has 9 heteroatoms. The van der Waals surface area contributed by atoms with E-state index >= 15 is 0 Å². The van der Waals surface area contributed by atoms with E-state index in [9.17, 15) is 23.8 Å². The normalized spacial score (nSPS) is 10.9. The van der Waals surface area contributed by atoms with Crippen LogP contribution in [0.3, 0.4) is 0 Å². The third kappa shape index (κ3) is 3.69. The molecule has 0 radical (unpaired) electrons. The highest BCUT2D eigenvalue weighted by molar-refractivity contribution is 6.34. The first-order valence-electron chi connectivity index (χ1n) is 8.23. The molecule has 0 bridgehead atoms. The molecule has 0 spiro atoms. The topological polar surface area (TPSA) is 95.6 Å². The highest BCUT2D eigenvalue weighted by Gasteiger charge is 2.22. The van der Waals surface area contributed by atoms with E-state index in [0.717, 1.165) is 18.2 Å². The molecule has 0 atom stereocenters. The number of aryl methyl sites for hydroxylation is 1. The first kappa shape index (κ1) is 19.8. The Morgan fingerprint density at radius 1 is 1.29 bits per heavy atom. The van der Waals surface area contributed by atoms with Gasteiger partial charge in [-0.3, -0.25) is 4.79 Å². The summed E-state index contributed by atoms with van der Waals surface area (Å²) in [6.07, 6.45) is 0.455. The van der Waals surface area contributed by atoms with E-state index in [1.165, 1.54) is 12.1 Å². The summed E-state index contributed by atoms with van der Waals surface area (Å²) in [5.74, 6) is -3.14. The number of hydrogen-bond donors (Lipinski definition) is 3. The first-order valence-corrected chi connectivity index (χ1v) is 8.61. The molecule has 6 nitrogen and oxygen atoms in total. The van der Waals surface area contributed by atoms with Crippen LogP contribution in [0.15, 0.2) is 34.7 Å². The van der Waals surface area contributed by atoms with Gasteiger partial charge in [-0.1, -0.05) is 24.6 Å². The standard InChI is InChI=1S/C19H15ClF2N2O4/c1-2-14-16(8-25)28-19(23-14)9-7-15(26)10(6-13(9)22)18(27)24-17-11(20)4-3-5-12(17)21/h3-7,25-26H,2,8H2,1H3,(H,24,27). The zero-order valence-corrected chi connectivity index (χ0v) is 15.3. The van der Waals surface area contributed by atoms with E-state index < -0.39 is 35.5 Å². The minimum atomic E-state index is -0.951. The fourth-order valence-corrected chi connectivity index (χ4v) is 2.81. The van der Waals surface area contributed by atoms with Crippen molar-refractivity contribution in [3.8, 4) is 17.2 Å². The molecule has 0 fully saturated rings. The number of aliphatic hydroxyl groups excluding tert-OH is 1. The van der Waals surface area contributed by atoms with Crippen molar-refractivity contribution in [1.29, 1.82) is 0 Å². The molecule has 3 rings (SSSR count). The van der Waals surface area contributed by atoms with Gasteiger partial charge in [-0.25, -0.2) is 13.8 Å². The van der Waals surface area contributed by atoms with Crippen LogP contribution < -0.4 is 5.32 Å². The number of aromatic nitrogens is 1. The number of rotatable bonds is 5. The lowest BCUT2D eigenvalue weighted by Crippen LogP contribution is -2.14. The Balaban J connectivity index is 1.96. The van der Waals surface area contributed by atoms with Crippen LogP contribution in [0.1, 0.15) is 28.7 Å². The lowest BCUT2D eigenvalue weighted by Gasteiger charge is -2.10. The van der Waals surface area contributed by atoms with Crippen LogP contribution in [0.2, 0.25) is 5.02 Å². The highest BCUT2D eigenvalue weighted by atomic mass is 35.5. The van der Waals surface area contributed by atoms with Gasteiger partial charge in [0.25, 0.3) is 5.91 Å². The second-order valence-electron chi connectivity index (χ2n) is 5.80. The molecule has 28 heavy (non-hydrogen) atoms. The maximum Gasteiger partial charge on any atom is 0.259 e. The fraction of sp³-hybridized carbons (Fsp3) is 0.158. The van der Waals surface area contributed by atoms with Crippen molar-refractivity contribution < 1.29 is 28.2 Å². The van der Waals surface area contributed by atoms with Gasteiger partial charge in [0.1, 0.15) is 24.0 Å². The predicted molar refractivity (Wildman–Crippen MR) is 98.2 cm³/mol. The summed E-state index contributed by atoms with van der Waals surface area (Å²) in [5.41, 5.74) is -0.448. The average Bonchev–Trinajstić information content (AvgIpc) is 3.09. The Morgan fingerprint density at radius 3 is 2.64 bits per heavy atom. The van der Waals surface area contributed by atoms with Crippen molar-refractivity contribution >= 4 is 23.2 Å². The SMILES string of the molecule is CCc1nc(-c2cc(O)c(C(=O)Nc3c(F)cccc3Cl)cc2F)oc1CO. The molecule has 3 N–H and O–H groups in total. The molecule has 3 aromatic rings. The Labute approximate surface area is 163 Å². The van der Waals surface area contributed by atoms with Gasteiger partial charge >= 0.3 is 0 Å². The number of aromatic hydroxyl groups is 1. The zero-order valence-electron chi connectivity index (χ0n) is 14.6. The van der Waals surface area contributed by atoms with Gasteiger partial charge in [0.05, 0.1) is 27.5 Å². The Hall–Kier alpha value is -2.97. The molecule has 1 heterocycles. The highest BCUT2D eigenvalue weighted by Crippen LogP contribution is 2.32. The van der Waals surface area contributed by atoms with E-state index in [-0.39, 0.29) is 27.9 Å². The van der Waals surface area contributed by atoms with Gasteiger partial charge in [0, 0.05) is 0 Å². The maximum atomic E-state index is 14.6. The second kappa shape index (κ2) is 7.95. The van der Waals surface area contributed by atoms with Crippen LogP contribution in [-0.4, -0.2) is 21.1 Å². The molecule has 0 aliphatic rings. The lowest BCUT2D eigenvalue weighted by atomic mass is 10.1. The first-order chi connectivity index (χ1) is 13.3. The van der Waals surface area contributed by atoms with E-state index in [0.29, 0.717) is 12.1 Å². The Bertz CT molecular complexity index is 1010.